The molecule has 2 aromatic rings. The minimum atomic E-state index is 0.424. The van der Waals surface area contributed by atoms with Crippen LogP contribution >= 0.6 is 0 Å². The van der Waals surface area contributed by atoms with E-state index >= 15 is 0 Å². The van der Waals surface area contributed by atoms with Crippen molar-refractivity contribution in [1.29, 1.82) is 0 Å². The zero-order valence-corrected chi connectivity index (χ0v) is 21.1. The van der Waals surface area contributed by atoms with Crippen LogP contribution in [0.3, 0.4) is 0 Å². The van der Waals surface area contributed by atoms with E-state index in [1.807, 2.05) is 0 Å². The second-order valence-corrected chi connectivity index (χ2v) is 10.3. The van der Waals surface area contributed by atoms with Crippen LogP contribution in [0.15, 0.2) is 125 Å². The van der Waals surface area contributed by atoms with Gasteiger partial charge in [-0.05, 0) is 83.4 Å². The van der Waals surface area contributed by atoms with Crippen LogP contribution in [-0.2, 0) is 12.8 Å². The molecule has 0 N–H and O–H groups in total. The quantitative estimate of drug-likeness (QED) is 0.311. The first-order valence-electron chi connectivity index (χ1n) is 13.6. The molecule has 0 saturated heterocycles. The fraction of sp³-hybridized carbons (Fsp3) is 0.314. The standard InChI is InChI=1S/C35H38/c1-27(30-14-7-3-8-15-30)12-5-2-6-13-28-20-22-29(23-21-28)26-32-24-25-34(31-16-9-4-10-17-31)35-19-11-18-33(32)35/h3,7-9,11,14-25,27,35H,2,4-6,10,12-13,26H2,1H3. The summed E-state index contributed by atoms with van der Waals surface area (Å²) in [5, 5.41) is 0. The minimum Gasteiger partial charge on any atom is -0.0836 e. The number of allylic oxidation sites excluding steroid dienone is 12. The molecule has 3 aliphatic rings. The van der Waals surface area contributed by atoms with E-state index < -0.39 is 0 Å². The summed E-state index contributed by atoms with van der Waals surface area (Å²) < 4.78 is 0. The van der Waals surface area contributed by atoms with Crippen LogP contribution in [-0.4, -0.2) is 0 Å². The second-order valence-electron chi connectivity index (χ2n) is 10.3. The lowest BCUT2D eigenvalue weighted by atomic mass is 9.78. The number of hydrogen-bond donors (Lipinski definition) is 0. The molecule has 0 heterocycles. The summed E-state index contributed by atoms with van der Waals surface area (Å²) in [6, 6.07) is 20.3. The average molecular weight is 459 g/mol. The highest BCUT2D eigenvalue weighted by molar-refractivity contribution is 5.60. The lowest BCUT2D eigenvalue weighted by Crippen LogP contribution is -2.12. The van der Waals surface area contributed by atoms with Gasteiger partial charge in [0, 0.05) is 5.92 Å². The van der Waals surface area contributed by atoms with Crippen molar-refractivity contribution in [2.45, 2.75) is 64.2 Å². The third kappa shape index (κ3) is 5.93. The molecule has 178 valence electrons. The topological polar surface area (TPSA) is 0 Å². The highest BCUT2D eigenvalue weighted by Gasteiger charge is 2.26. The van der Waals surface area contributed by atoms with E-state index in [-0.39, 0.29) is 0 Å². The number of hydrogen-bond acceptors (Lipinski definition) is 0. The molecule has 0 aromatic heterocycles. The second kappa shape index (κ2) is 11.5. The predicted octanol–water partition coefficient (Wildman–Crippen LogP) is 9.39. The molecular weight excluding hydrogens is 420 g/mol. The lowest BCUT2D eigenvalue weighted by Gasteiger charge is -2.26. The molecule has 0 amide bonds. The Morgan fingerprint density at radius 2 is 1.63 bits per heavy atom. The molecular formula is C35H38. The summed E-state index contributed by atoms with van der Waals surface area (Å²) in [7, 11) is 0. The number of fused-ring (bicyclic) bond motifs is 1. The fourth-order valence-corrected chi connectivity index (χ4v) is 5.66. The van der Waals surface area contributed by atoms with Gasteiger partial charge < -0.3 is 0 Å². The van der Waals surface area contributed by atoms with Crippen LogP contribution < -0.4 is 0 Å². The summed E-state index contributed by atoms with van der Waals surface area (Å²) in [5.74, 6) is 1.09. The number of rotatable bonds is 10. The molecule has 2 aromatic carbocycles. The molecule has 35 heavy (non-hydrogen) atoms. The SMILES string of the molecule is CC(CCCCCc1ccc(CC2=CC=C(C3=CCCC=C3)C3C=CC=C23)cc1)c1ccccc1. The van der Waals surface area contributed by atoms with Crippen molar-refractivity contribution in [2.75, 3.05) is 0 Å². The maximum Gasteiger partial charge on any atom is 0.0281 e. The Balaban J connectivity index is 1.11. The smallest absolute Gasteiger partial charge is 0.0281 e. The molecule has 0 heteroatoms. The van der Waals surface area contributed by atoms with Crippen LogP contribution in [0, 0.1) is 5.92 Å². The molecule has 0 radical (unpaired) electrons. The van der Waals surface area contributed by atoms with Crippen molar-refractivity contribution in [1.82, 2.24) is 0 Å². The van der Waals surface area contributed by atoms with Crippen molar-refractivity contribution in [3.8, 4) is 0 Å². The molecule has 0 bridgehead atoms. The Labute approximate surface area is 212 Å². The van der Waals surface area contributed by atoms with Crippen LogP contribution in [0.2, 0.25) is 0 Å². The summed E-state index contributed by atoms with van der Waals surface area (Å²) in [4.78, 5) is 0. The van der Waals surface area contributed by atoms with Crippen molar-refractivity contribution < 1.29 is 0 Å². The van der Waals surface area contributed by atoms with E-state index in [2.05, 4.69) is 110 Å². The molecule has 0 spiro atoms. The summed E-state index contributed by atoms with van der Waals surface area (Å²) in [5.41, 5.74) is 10.2. The normalized spacial score (nSPS) is 19.5. The Morgan fingerprint density at radius 3 is 2.43 bits per heavy atom. The third-order valence-corrected chi connectivity index (χ3v) is 7.80. The Hall–Kier alpha value is -3.12. The number of unbranched alkanes of at least 4 members (excludes halogenated alkanes) is 2. The minimum absolute atomic E-state index is 0.424. The zero-order valence-electron chi connectivity index (χ0n) is 21.1. The first-order chi connectivity index (χ1) is 17.3. The highest BCUT2D eigenvalue weighted by Crippen LogP contribution is 2.40. The van der Waals surface area contributed by atoms with Gasteiger partial charge in [-0.15, -0.1) is 0 Å². The Morgan fingerprint density at radius 1 is 0.800 bits per heavy atom. The van der Waals surface area contributed by atoms with E-state index in [1.165, 1.54) is 77.5 Å². The lowest BCUT2D eigenvalue weighted by molar-refractivity contribution is 0.584. The third-order valence-electron chi connectivity index (χ3n) is 7.80. The van der Waals surface area contributed by atoms with Gasteiger partial charge in [-0.2, -0.15) is 0 Å². The molecule has 0 fully saturated rings. The van der Waals surface area contributed by atoms with Gasteiger partial charge in [-0.3, -0.25) is 0 Å². The van der Waals surface area contributed by atoms with Gasteiger partial charge in [0.25, 0.3) is 0 Å². The zero-order chi connectivity index (χ0) is 23.9. The first kappa shape index (κ1) is 23.6. The Bertz CT molecular complexity index is 1180. The van der Waals surface area contributed by atoms with Crippen LogP contribution in [0.5, 0.6) is 0 Å². The molecule has 0 saturated carbocycles. The van der Waals surface area contributed by atoms with Gasteiger partial charge in [0.1, 0.15) is 0 Å². The predicted molar refractivity (Wildman–Crippen MR) is 151 cm³/mol. The van der Waals surface area contributed by atoms with Gasteiger partial charge >= 0.3 is 0 Å². The fourth-order valence-electron chi connectivity index (χ4n) is 5.66. The van der Waals surface area contributed by atoms with E-state index in [0.717, 1.165) is 12.8 Å². The number of benzene rings is 2. The van der Waals surface area contributed by atoms with Crippen LogP contribution in [0.1, 0.15) is 68.1 Å². The molecule has 3 aliphatic carbocycles. The summed E-state index contributed by atoms with van der Waals surface area (Å²) >= 11 is 0. The van der Waals surface area contributed by atoms with E-state index in [1.54, 1.807) is 0 Å². The average Bonchev–Trinajstić information content (AvgIpc) is 3.41. The maximum atomic E-state index is 2.40. The summed E-state index contributed by atoms with van der Waals surface area (Å²) in [6.07, 6.45) is 28.4. The first-order valence-corrected chi connectivity index (χ1v) is 13.6. The molecule has 0 nitrogen and oxygen atoms in total. The van der Waals surface area contributed by atoms with Crippen LogP contribution in [0.4, 0.5) is 0 Å². The Kier molecular flexibility index (Phi) is 7.79. The molecule has 0 aliphatic heterocycles. The van der Waals surface area contributed by atoms with Crippen molar-refractivity contribution in [3.63, 3.8) is 0 Å². The van der Waals surface area contributed by atoms with Gasteiger partial charge in [0.15, 0.2) is 0 Å². The van der Waals surface area contributed by atoms with Crippen molar-refractivity contribution in [2.24, 2.45) is 5.92 Å². The van der Waals surface area contributed by atoms with Crippen molar-refractivity contribution >= 4 is 0 Å². The van der Waals surface area contributed by atoms with Crippen molar-refractivity contribution in [3.05, 3.63) is 142 Å². The summed E-state index contributed by atoms with van der Waals surface area (Å²) in [6.45, 7) is 2.36. The van der Waals surface area contributed by atoms with Gasteiger partial charge in [0.2, 0.25) is 0 Å². The van der Waals surface area contributed by atoms with E-state index in [0.29, 0.717) is 11.8 Å². The molecule has 5 rings (SSSR count). The van der Waals surface area contributed by atoms with Crippen LogP contribution in [0.25, 0.3) is 0 Å². The molecule has 2 unspecified atom stereocenters. The highest BCUT2D eigenvalue weighted by atomic mass is 14.3. The van der Waals surface area contributed by atoms with Gasteiger partial charge in [0.05, 0.1) is 0 Å². The molecule has 2 atom stereocenters. The van der Waals surface area contributed by atoms with E-state index in [9.17, 15) is 0 Å². The monoisotopic (exact) mass is 458 g/mol. The van der Waals surface area contributed by atoms with Gasteiger partial charge in [-0.25, -0.2) is 0 Å². The maximum absolute atomic E-state index is 2.40. The van der Waals surface area contributed by atoms with Gasteiger partial charge in [-0.1, -0.05) is 123 Å². The largest absolute Gasteiger partial charge is 0.0836 e. The number of aryl methyl sites for hydroxylation is 1. The van der Waals surface area contributed by atoms with E-state index in [4.69, 9.17) is 0 Å².